The van der Waals surface area contributed by atoms with Crippen molar-refractivity contribution in [3.05, 3.63) is 89.2 Å². The Balaban J connectivity index is 1.61. The standard InChI is InChI=1S/C23H15F3N2O/c24-23(25,26)18-9-5-15(6-10-18)7-12-22-27-20-11-8-16(13-21(20)28-22)19-4-2-1-3-17(19)14-29/h1-14H,(H,27,28)/b12-7+. The molecule has 3 nitrogen and oxygen atoms in total. The third-order valence-electron chi connectivity index (χ3n) is 4.57. The summed E-state index contributed by atoms with van der Waals surface area (Å²) in [4.78, 5) is 18.9. The summed E-state index contributed by atoms with van der Waals surface area (Å²) in [5.74, 6) is 0.584. The van der Waals surface area contributed by atoms with Crippen LogP contribution in [0.5, 0.6) is 0 Å². The molecule has 3 aromatic carbocycles. The molecular weight excluding hydrogens is 377 g/mol. The highest BCUT2D eigenvalue weighted by molar-refractivity contribution is 5.91. The van der Waals surface area contributed by atoms with Crippen molar-refractivity contribution in [3.63, 3.8) is 0 Å². The molecular formula is C23H15F3N2O. The summed E-state index contributed by atoms with van der Waals surface area (Å²) in [5.41, 5.74) is 3.82. The van der Waals surface area contributed by atoms with Crippen LogP contribution in [0.4, 0.5) is 13.2 Å². The van der Waals surface area contributed by atoms with E-state index >= 15 is 0 Å². The van der Waals surface area contributed by atoms with Gasteiger partial charge >= 0.3 is 6.18 Å². The maximum atomic E-state index is 12.6. The lowest BCUT2D eigenvalue weighted by Crippen LogP contribution is -2.03. The number of hydrogen-bond acceptors (Lipinski definition) is 2. The van der Waals surface area contributed by atoms with Gasteiger partial charge in [-0.1, -0.05) is 48.5 Å². The number of nitrogens with zero attached hydrogens (tertiary/aromatic N) is 1. The van der Waals surface area contributed by atoms with E-state index < -0.39 is 11.7 Å². The number of fused-ring (bicyclic) bond motifs is 1. The maximum Gasteiger partial charge on any atom is 0.416 e. The molecule has 6 heteroatoms. The number of hydrogen-bond donors (Lipinski definition) is 1. The highest BCUT2D eigenvalue weighted by Gasteiger charge is 2.29. The van der Waals surface area contributed by atoms with Crippen LogP contribution in [0.15, 0.2) is 66.7 Å². The van der Waals surface area contributed by atoms with E-state index in [4.69, 9.17) is 0 Å². The van der Waals surface area contributed by atoms with Crippen molar-refractivity contribution >= 4 is 29.5 Å². The van der Waals surface area contributed by atoms with Gasteiger partial charge in [0, 0.05) is 5.56 Å². The molecule has 0 saturated heterocycles. The van der Waals surface area contributed by atoms with Crippen LogP contribution >= 0.6 is 0 Å². The topological polar surface area (TPSA) is 45.8 Å². The number of aldehydes is 1. The lowest BCUT2D eigenvalue weighted by atomic mass is 10.0. The van der Waals surface area contributed by atoms with E-state index in [2.05, 4.69) is 9.97 Å². The van der Waals surface area contributed by atoms with Crippen LogP contribution in [0.2, 0.25) is 0 Å². The first-order valence-electron chi connectivity index (χ1n) is 8.84. The number of carbonyl (C=O) groups excluding carboxylic acids is 1. The molecule has 4 aromatic rings. The van der Waals surface area contributed by atoms with Crippen molar-refractivity contribution < 1.29 is 18.0 Å². The normalized spacial score (nSPS) is 12.0. The molecule has 0 amide bonds. The first-order valence-corrected chi connectivity index (χ1v) is 8.84. The van der Waals surface area contributed by atoms with Gasteiger partial charge in [0.2, 0.25) is 0 Å². The Morgan fingerprint density at radius 3 is 2.38 bits per heavy atom. The molecule has 0 radical (unpaired) electrons. The zero-order chi connectivity index (χ0) is 20.4. The smallest absolute Gasteiger partial charge is 0.338 e. The number of aromatic nitrogens is 2. The van der Waals surface area contributed by atoms with Gasteiger partial charge in [-0.25, -0.2) is 4.98 Å². The first-order chi connectivity index (χ1) is 13.9. The van der Waals surface area contributed by atoms with Crippen LogP contribution in [-0.2, 0) is 6.18 Å². The van der Waals surface area contributed by atoms with Crippen molar-refractivity contribution in [2.24, 2.45) is 0 Å². The average molecular weight is 392 g/mol. The third kappa shape index (κ3) is 3.96. The highest BCUT2D eigenvalue weighted by atomic mass is 19.4. The number of halogens is 3. The lowest BCUT2D eigenvalue weighted by Gasteiger charge is -2.05. The summed E-state index contributed by atoms with van der Waals surface area (Å²) in [5, 5.41) is 0. The fourth-order valence-electron chi connectivity index (χ4n) is 3.09. The number of carbonyl (C=O) groups is 1. The van der Waals surface area contributed by atoms with Crippen molar-refractivity contribution in [1.29, 1.82) is 0 Å². The number of nitrogens with one attached hydrogen (secondary N) is 1. The minimum atomic E-state index is -4.35. The number of benzene rings is 3. The van der Waals surface area contributed by atoms with Crippen LogP contribution in [0, 0.1) is 0 Å². The van der Waals surface area contributed by atoms with Crippen LogP contribution in [-0.4, -0.2) is 16.3 Å². The van der Waals surface area contributed by atoms with E-state index in [-0.39, 0.29) is 0 Å². The summed E-state index contributed by atoms with van der Waals surface area (Å²) in [6.45, 7) is 0. The summed E-state index contributed by atoms with van der Waals surface area (Å²) in [7, 11) is 0. The van der Waals surface area contributed by atoms with E-state index in [1.165, 1.54) is 12.1 Å². The van der Waals surface area contributed by atoms with Gasteiger partial charge in [0.05, 0.1) is 16.6 Å². The fraction of sp³-hybridized carbons (Fsp3) is 0.0435. The number of imidazole rings is 1. The Hall–Kier alpha value is -3.67. The quantitative estimate of drug-likeness (QED) is 0.418. The Labute approximate surface area is 164 Å². The molecule has 0 aliphatic heterocycles. The SMILES string of the molecule is O=Cc1ccccc1-c1ccc2[nH]c(/C=C/c3ccc(C(F)(F)F)cc3)nc2c1. The van der Waals surface area contributed by atoms with Gasteiger partial charge in [-0.2, -0.15) is 13.2 Å². The minimum absolute atomic E-state index is 0.584. The van der Waals surface area contributed by atoms with Gasteiger partial charge in [0.1, 0.15) is 5.82 Å². The molecule has 29 heavy (non-hydrogen) atoms. The van der Waals surface area contributed by atoms with Crippen molar-refractivity contribution in [1.82, 2.24) is 9.97 Å². The Bertz CT molecular complexity index is 1210. The maximum absolute atomic E-state index is 12.6. The molecule has 1 N–H and O–H groups in total. The molecule has 0 aliphatic rings. The molecule has 0 aliphatic carbocycles. The molecule has 1 aromatic heterocycles. The highest BCUT2D eigenvalue weighted by Crippen LogP contribution is 2.29. The number of H-pyrrole nitrogens is 1. The molecule has 4 rings (SSSR count). The third-order valence-corrected chi connectivity index (χ3v) is 4.57. The van der Waals surface area contributed by atoms with Gasteiger partial charge in [-0.3, -0.25) is 4.79 Å². The van der Waals surface area contributed by atoms with Crippen molar-refractivity contribution in [3.8, 4) is 11.1 Å². The van der Waals surface area contributed by atoms with E-state index in [9.17, 15) is 18.0 Å². The average Bonchev–Trinajstić information content (AvgIpc) is 3.14. The summed E-state index contributed by atoms with van der Waals surface area (Å²) >= 11 is 0. The monoisotopic (exact) mass is 392 g/mol. The minimum Gasteiger partial charge on any atom is -0.338 e. The van der Waals surface area contributed by atoms with Gasteiger partial charge in [-0.05, 0) is 47.0 Å². The molecule has 0 atom stereocenters. The van der Waals surface area contributed by atoms with Gasteiger partial charge < -0.3 is 4.98 Å². The predicted octanol–water partition coefficient (Wildman–Crippen LogP) is 6.23. The number of rotatable bonds is 4. The molecule has 0 fully saturated rings. The molecule has 0 unspecified atom stereocenters. The predicted molar refractivity (Wildman–Crippen MR) is 107 cm³/mol. The summed E-state index contributed by atoms with van der Waals surface area (Å²) in [6.07, 6.45) is -0.119. The van der Waals surface area contributed by atoms with Crippen LogP contribution in [0.3, 0.4) is 0 Å². The molecule has 0 saturated carbocycles. The fourth-order valence-corrected chi connectivity index (χ4v) is 3.09. The molecule has 0 spiro atoms. The van der Waals surface area contributed by atoms with Gasteiger partial charge in [0.15, 0.2) is 6.29 Å². The van der Waals surface area contributed by atoms with Crippen molar-refractivity contribution in [2.45, 2.75) is 6.18 Å². The Morgan fingerprint density at radius 2 is 1.66 bits per heavy atom. The second-order valence-electron chi connectivity index (χ2n) is 6.51. The molecule has 1 heterocycles. The molecule has 0 bridgehead atoms. The first kappa shape index (κ1) is 18.7. The van der Waals surface area contributed by atoms with Gasteiger partial charge in [0.25, 0.3) is 0 Å². The largest absolute Gasteiger partial charge is 0.416 e. The zero-order valence-corrected chi connectivity index (χ0v) is 15.1. The van der Waals surface area contributed by atoms with Crippen LogP contribution in [0.1, 0.15) is 27.3 Å². The summed E-state index contributed by atoms with van der Waals surface area (Å²) in [6, 6.07) is 17.9. The second kappa shape index (κ2) is 7.39. The summed E-state index contributed by atoms with van der Waals surface area (Å²) < 4.78 is 37.9. The van der Waals surface area contributed by atoms with E-state index in [1.807, 2.05) is 36.4 Å². The second-order valence-corrected chi connectivity index (χ2v) is 6.51. The van der Waals surface area contributed by atoms with Crippen LogP contribution < -0.4 is 0 Å². The lowest BCUT2D eigenvalue weighted by molar-refractivity contribution is -0.137. The van der Waals surface area contributed by atoms with E-state index in [0.717, 1.165) is 40.6 Å². The zero-order valence-electron chi connectivity index (χ0n) is 15.1. The Kier molecular flexibility index (Phi) is 4.76. The van der Waals surface area contributed by atoms with E-state index in [0.29, 0.717) is 17.0 Å². The van der Waals surface area contributed by atoms with Gasteiger partial charge in [-0.15, -0.1) is 0 Å². The number of alkyl halides is 3. The van der Waals surface area contributed by atoms with Crippen molar-refractivity contribution in [2.75, 3.05) is 0 Å². The van der Waals surface area contributed by atoms with E-state index in [1.54, 1.807) is 18.2 Å². The van der Waals surface area contributed by atoms with Crippen LogP contribution in [0.25, 0.3) is 34.3 Å². The molecule has 144 valence electrons. The Morgan fingerprint density at radius 1 is 0.897 bits per heavy atom. The number of aromatic amines is 1.